The number of halogens is 3. The van der Waals surface area contributed by atoms with Crippen LogP contribution in [0.1, 0.15) is 45.0 Å². The molecule has 2 aromatic carbocycles. The van der Waals surface area contributed by atoms with Gasteiger partial charge in [0.15, 0.2) is 5.76 Å². The number of hydrogen-bond acceptors (Lipinski definition) is 3. The van der Waals surface area contributed by atoms with Crippen molar-refractivity contribution in [3.05, 3.63) is 89.4 Å². The summed E-state index contributed by atoms with van der Waals surface area (Å²) in [6.45, 7) is 1.60. The lowest BCUT2D eigenvalue weighted by Gasteiger charge is -2.16. The Morgan fingerprint density at radius 2 is 1.69 bits per heavy atom. The lowest BCUT2D eigenvalue weighted by Crippen LogP contribution is -2.26. The smallest absolute Gasteiger partial charge is 0.416 e. The molecule has 0 radical (unpaired) electrons. The van der Waals surface area contributed by atoms with E-state index in [0.29, 0.717) is 16.8 Å². The number of alkyl halides is 3. The maximum absolute atomic E-state index is 12.9. The number of carbonyl (C=O) groups excluding carboxylic acids is 2. The minimum Gasteiger partial charge on any atom is -0.459 e. The van der Waals surface area contributed by atoms with Crippen LogP contribution in [0.5, 0.6) is 0 Å². The summed E-state index contributed by atoms with van der Waals surface area (Å²) in [5.74, 6) is -0.717. The number of rotatable bonds is 5. The van der Waals surface area contributed by atoms with E-state index in [1.165, 1.54) is 36.6 Å². The van der Waals surface area contributed by atoms with E-state index in [0.717, 1.165) is 12.1 Å². The highest BCUT2D eigenvalue weighted by Gasteiger charge is 2.30. The van der Waals surface area contributed by atoms with Crippen molar-refractivity contribution < 1.29 is 27.2 Å². The zero-order valence-corrected chi connectivity index (χ0v) is 15.3. The first-order valence-electron chi connectivity index (χ1n) is 8.67. The van der Waals surface area contributed by atoms with Gasteiger partial charge < -0.3 is 15.1 Å². The van der Waals surface area contributed by atoms with E-state index >= 15 is 0 Å². The summed E-state index contributed by atoms with van der Waals surface area (Å²) in [6, 6.07) is 13.4. The van der Waals surface area contributed by atoms with Gasteiger partial charge in [0.25, 0.3) is 11.8 Å². The summed E-state index contributed by atoms with van der Waals surface area (Å²) in [4.78, 5) is 24.3. The molecule has 0 aliphatic heterocycles. The van der Waals surface area contributed by atoms with Crippen molar-refractivity contribution in [2.24, 2.45) is 0 Å². The molecule has 8 heteroatoms. The van der Waals surface area contributed by atoms with Crippen LogP contribution in [0.2, 0.25) is 0 Å². The fourth-order valence-corrected chi connectivity index (χ4v) is 2.65. The monoisotopic (exact) mass is 402 g/mol. The molecule has 0 aliphatic rings. The van der Waals surface area contributed by atoms with Crippen LogP contribution in [0, 0.1) is 0 Å². The SMILES string of the molecule is CC(NC(=O)c1ccc(NC(=O)c2ccco2)cc1)c1cccc(C(F)(F)F)c1. The van der Waals surface area contributed by atoms with Gasteiger partial charge in [-0.2, -0.15) is 13.2 Å². The van der Waals surface area contributed by atoms with Gasteiger partial charge in [0.05, 0.1) is 17.9 Å². The third-order valence-corrected chi connectivity index (χ3v) is 4.21. The minimum absolute atomic E-state index is 0.154. The highest BCUT2D eigenvalue weighted by Crippen LogP contribution is 2.30. The van der Waals surface area contributed by atoms with Crippen LogP contribution in [0.15, 0.2) is 71.3 Å². The molecule has 1 atom stereocenters. The first-order chi connectivity index (χ1) is 13.7. The number of carbonyl (C=O) groups is 2. The van der Waals surface area contributed by atoms with Crippen LogP contribution in [0.4, 0.5) is 18.9 Å². The van der Waals surface area contributed by atoms with Crippen LogP contribution in [0.3, 0.4) is 0 Å². The second kappa shape index (κ2) is 8.22. The predicted molar refractivity (Wildman–Crippen MR) is 100 cm³/mol. The van der Waals surface area contributed by atoms with Crippen LogP contribution in [0.25, 0.3) is 0 Å². The Bertz CT molecular complexity index is 997. The molecule has 29 heavy (non-hydrogen) atoms. The summed E-state index contributed by atoms with van der Waals surface area (Å²) in [5.41, 5.74) is 0.344. The second-order valence-corrected chi connectivity index (χ2v) is 6.33. The molecule has 0 aliphatic carbocycles. The van der Waals surface area contributed by atoms with Gasteiger partial charge in [-0.05, 0) is 61.0 Å². The third kappa shape index (κ3) is 5.04. The Balaban J connectivity index is 1.64. The number of nitrogens with one attached hydrogen (secondary N) is 2. The molecular weight excluding hydrogens is 385 g/mol. The molecule has 5 nitrogen and oxygen atoms in total. The van der Waals surface area contributed by atoms with E-state index in [4.69, 9.17) is 4.42 Å². The molecule has 1 aromatic heterocycles. The van der Waals surface area contributed by atoms with Crippen molar-refractivity contribution in [1.29, 1.82) is 0 Å². The Hall–Kier alpha value is -3.55. The fourth-order valence-electron chi connectivity index (χ4n) is 2.65. The van der Waals surface area contributed by atoms with E-state index in [9.17, 15) is 22.8 Å². The second-order valence-electron chi connectivity index (χ2n) is 6.33. The highest BCUT2D eigenvalue weighted by atomic mass is 19.4. The van der Waals surface area contributed by atoms with E-state index in [1.54, 1.807) is 25.1 Å². The van der Waals surface area contributed by atoms with E-state index < -0.39 is 29.6 Å². The number of furan rings is 1. The average Bonchev–Trinajstić information content (AvgIpc) is 3.23. The van der Waals surface area contributed by atoms with Crippen molar-refractivity contribution in [3.63, 3.8) is 0 Å². The minimum atomic E-state index is -4.45. The molecular formula is C21H17F3N2O3. The summed E-state index contributed by atoms with van der Waals surface area (Å²) in [6.07, 6.45) is -3.07. The zero-order valence-electron chi connectivity index (χ0n) is 15.3. The number of amides is 2. The Labute approximate surface area is 164 Å². The molecule has 2 amide bonds. The summed E-state index contributed by atoms with van der Waals surface area (Å²) < 4.78 is 43.6. The Morgan fingerprint density at radius 1 is 0.966 bits per heavy atom. The molecule has 0 saturated carbocycles. The van der Waals surface area contributed by atoms with Gasteiger partial charge in [0.2, 0.25) is 0 Å². The average molecular weight is 402 g/mol. The quantitative estimate of drug-likeness (QED) is 0.628. The van der Waals surface area contributed by atoms with Crippen LogP contribution >= 0.6 is 0 Å². The molecule has 150 valence electrons. The molecule has 3 rings (SSSR count). The summed E-state index contributed by atoms with van der Waals surface area (Å²) in [7, 11) is 0. The van der Waals surface area contributed by atoms with Crippen molar-refractivity contribution in [1.82, 2.24) is 5.32 Å². The topological polar surface area (TPSA) is 71.3 Å². The maximum Gasteiger partial charge on any atom is 0.416 e. The van der Waals surface area contributed by atoms with E-state index in [1.807, 2.05) is 0 Å². The lowest BCUT2D eigenvalue weighted by atomic mass is 10.0. The molecule has 1 unspecified atom stereocenters. The van der Waals surface area contributed by atoms with Gasteiger partial charge >= 0.3 is 6.18 Å². The van der Waals surface area contributed by atoms with Gasteiger partial charge in [-0.1, -0.05) is 12.1 Å². The zero-order chi connectivity index (χ0) is 21.0. The first-order valence-corrected chi connectivity index (χ1v) is 8.67. The van der Waals surface area contributed by atoms with Crippen molar-refractivity contribution in [3.8, 4) is 0 Å². The highest BCUT2D eigenvalue weighted by molar-refractivity contribution is 6.02. The van der Waals surface area contributed by atoms with Gasteiger partial charge in [-0.3, -0.25) is 9.59 Å². The standard InChI is InChI=1S/C21H17F3N2O3/c1-13(15-4-2-5-16(12-15)21(22,23)24)25-19(27)14-7-9-17(10-8-14)26-20(28)18-6-3-11-29-18/h2-13H,1H3,(H,25,27)(H,26,28). The fraction of sp³-hybridized carbons (Fsp3) is 0.143. The molecule has 3 aromatic rings. The summed E-state index contributed by atoms with van der Waals surface area (Å²) in [5, 5.41) is 5.29. The largest absolute Gasteiger partial charge is 0.459 e. The molecule has 0 saturated heterocycles. The van der Waals surface area contributed by atoms with Crippen LogP contribution < -0.4 is 10.6 Å². The predicted octanol–water partition coefficient (Wildman–Crippen LogP) is 5.04. The number of anilines is 1. The van der Waals surface area contributed by atoms with Gasteiger partial charge in [-0.15, -0.1) is 0 Å². The van der Waals surface area contributed by atoms with E-state index in [2.05, 4.69) is 10.6 Å². The molecule has 2 N–H and O–H groups in total. The third-order valence-electron chi connectivity index (χ3n) is 4.21. The Morgan fingerprint density at radius 3 is 2.31 bits per heavy atom. The summed E-state index contributed by atoms with van der Waals surface area (Å²) >= 11 is 0. The number of benzene rings is 2. The van der Waals surface area contributed by atoms with Crippen LogP contribution in [-0.4, -0.2) is 11.8 Å². The Kier molecular flexibility index (Phi) is 5.72. The van der Waals surface area contributed by atoms with Crippen molar-refractivity contribution >= 4 is 17.5 Å². The number of hydrogen-bond donors (Lipinski definition) is 2. The lowest BCUT2D eigenvalue weighted by molar-refractivity contribution is -0.137. The van der Waals surface area contributed by atoms with Gasteiger partial charge in [-0.25, -0.2) is 0 Å². The van der Waals surface area contributed by atoms with Crippen molar-refractivity contribution in [2.75, 3.05) is 5.32 Å². The van der Waals surface area contributed by atoms with Crippen LogP contribution in [-0.2, 0) is 6.18 Å². The van der Waals surface area contributed by atoms with Gasteiger partial charge in [0, 0.05) is 11.3 Å². The molecule has 0 spiro atoms. The van der Waals surface area contributed by atoms with Crippen molar-refractivity contribution in [2.45, 2.75) is 19.1 Å². The molecule has 0 fully saturated rings. The van der Waals surface area contributed by atoms with E-state index in [-0.39, 0.29) is 5.76 Å². The maximum atomic E-state index is 12.9. The van der Waals surface area contributed by atoms with Gasteiger partial charge in [0.1, 0.15) is 0 Å². The normalized spacial score (nSPS) is 12.3. The first kappa shape index (κ1) is 20.2. The molecule has 1 heterocycles. The molecule has 0 bridgehead atoms.